The highest BCUT2D eigenvalue weighted by atomic mass is 32.2. The molecule has 2 fully saturated rings. The van der Waals surface area contributed by atoms with E-state index in [1.807, 2.05) is 0 Å². The van der Waals surface area contributed by atoms with Crippen LogP contribution in [-0.4, -0.2) is 68.0 Å². The number of carbonyl (C=O) groups is 1. The molecule has 12 heteroatoms. The molecule has 0 spiro atoms. The molecule has 0 radical (unpaired) electrons. The number of nitrogens with zero attached hydrogens (tertiary/aromatic N) is 3. The molecule has 4 rings (SSSR count). The van der Waals surface area contributed by atoms with Gasteiger partial charge in [0.05, 0.1) is 36.7 Å². The number of morpholine rings is 1. The van der Waals surface area contributed by atoms with Crippen LogP contribution in [0.25, 0.3) is 0 Å². The van der Waals surface area contributed by atoms with Gasteiger partial charge >= 0.3 is 0 Å². The van der Waals surface area contributed by atoms with Crippen molar-refractivity contribution in [3.8, 4) is 5.75 Å². The lowest BCUT2D eigenvalue weighted by molar-refractivity contribution is -0.113. The average Bonchev–Trinajstić information content (AvgIpc) is 3.50. The van der Waals surface area contributed by atoms with Crippen LogP contribution in [0.4, 0.5) is 5.69 Å². The van der Waals surface area contributed by atoms with E-state index in [9.17, 15) is 13.2 Å². The zero-order chi connectivity index (χ0) is 21.1. The molecular formula is C18H22N4O6S2. The number of carbonyl (C=O) groups excluding carboxylic acids is 1. The molecule has 1 aliphatic carbocycles. The van der Waals surface area contributed by atoms with Gasteiger partial charge in [0.2, 0.25) is 21.8 Å². The summed E-state index contributed by atoms with van der Waals surface area (Å²) in [5.41, 5.74) is 0.279. The lowest BCUT2D eigenvalue weighted by atomic mass is 10.3. The number of hydrogen-bond acceptors (Lipinski definition) is 9. The zero-order valence-corrected chi connectivity index (χ0v) is 18.0. The Bertz CT molecular complexity index is 1020. The van der Waals surface area contributed by atoms with Gasteiger partial charge < -0.3 is 19.2 Å². The molecule has 2 heterocycles. The molecule has 1 aliphatic heterocycles. The molecule has 1 aromatic carbocycles. The lowest BCUT2D eigenvalue weighted by Gasteiger charge is -2.26. The van der Waals surface area contributed by atoms with Gasteiger partial charge in [0, 0.05) is 19.0 Å². The van der Waals surface area contributed by atoms with E-state index in [1.54, 1.807) is 0 Å². The third-order valence-electron chi connectivity index (χ3n) is 4.73. The van der Waals surface area contributed by atoms with E-state index in [1.165, 1.54) is 29.6 Å². The Kier molecular flexibility index (Phi) is 6.27. The predicted octanol–water partition coefficient (Wildman–Crippen LogP) is 1.71. The van der Waals surface area contributed by atoms with Gasteiger partial charge in [-0.25, -0.2) is 8.42 Å². The standard InChI is InChI=1S/C18H22N4O6S2/c1-26-15-5-4-13(30(24,25)22-6-8-27-9-7-22)10-14(15)19-16(23)11-29-18-21-20-17(28-18)12-2-3-12/h4-5,10,12H,2-3,6-9,11H2,1H3,(H,19,23). The van der Waals surface area contributed by atoms with Gasteiger partial charge in [-0.1, -0.05) is 11.8 Å². The second-order valence-corrected chi connectivity index (χ2v) is 9.76. The molecule has 0 unspecified atom stereocenters. The van der Waals surface area contributed by atoms with Crippen LogP contribution in [-0.2, 0) is 19.6 Å². The zero-order valence-electron chi connectivity index (χ0n) is 16.4. The fourth-order valence-electron chi connectivity index (χ4n) is 2.97. The van der Waals surface area contributed by atoms with Gasteiger partial charge in [-0.3, -0.25) is 4.79 Å². The van der Waals surface area contributed by atoms with Crippen LogP contribution in [0, 0.1) is 0 Å². The van der Waals surface area contributed by atoms with Crippen LogP contribution in [0.1, 0.15) is 24.7 Å². The summed E-state index contributed by atoms with van der Waals surface area (Å²) in [6, 6.07) is 4.39. The number of hydrogen-bond donors (Lipinski definition) is 1. The smallest absolute Gasteiger partial charge is 0.277 e. The van der Waals surface area contributed by atoms with Crippen molar-refractivity contribution in [1.82, 2.24) is 14.5 Å². The average molecular weight is 455 g/mol. The molecule has 1 aromatic heterocycles. The fourth-order valence-corrected chi connectivity index (χ4v) is 4.97. The van der Waals surface area contributed by atoms with Crippen molar-refractivity contribution < 1.29 is 27.1 Å². The molecule has 162 valence electrons. The van der Waals surface area contributed by atoms with Gasteiger partial charge in [-0.2, -0.15) is 4.31 Å². The number of thioether (sulfide) groups is 1. The number of benzene rings is 1. The van der Waals surface area contributed by atoms with E-state index in [-0.39, 0.29) is 22.2 Å². The highest BCUT2D eigenvalue weighted by Gasteiger charge is 2.30. The van der Waals surface area contributed by atoms with Crippen molar-refractivity contribution in [3.63, 3.8) is 0 Å². The first-order valence-electron chi connectivity index (χ1n) is 9.49. The minimum atomic E-state index is -3.69. The molecule has 0 atom stereocenters. The normalized spacial score (nSPS) is 17.6. The van der Waals surface area contributed by atoms with Crippen molar-refractivity contribution in [3.05, 3.63) is 24.1 Å². The number of aromatic nitrogens is 2. The van der Waals surface area contributed by atoms with E-state index in [0.717, 1.165) is 24.6 Å². The van der Waals surface area contributed by atoms with Crippen molar-refractivity contribution in [2.45, 2.75) is 28.9 Å². The van der Waals surface area contributed by atoms with E-state index in [2.05, 4.69) is 15.5 Å². The molecule has 2 aromatic rings. The summed E-state index contributed by atoms with van der Waals surface area (Å²) >= 11 is 1.13. The highest BCUT2D eigenvalue weighted by Crippen LogP contribution is 2.39. The van der Waals surface area contributed by atoms with E-state index < -0.39 is 10.0 Å². The number of ether oxygens (including phenoxy) is 2. The SMILES string of the molecule is COc1ccc(S(=O)(=O)N2CCOCC2)cc1NC(=O)CSc1nnc(C2CC2)o1. The summed E-state index contributed by atoms with van der Waals surface area (Å²) in [4.78, 5) is 12.5. The Labute approximate surface area is 178 Å². The fraction of sp³-hybridized carbons (Fsp3) is 0.500. The molecule has 1 N–H and O–H groups in total. The number of methoxy groups -OCH3 is 1. The number of rotatable bonds is 8. The summed E-state index contributed by atoms with van der Waals surface area (Å²) in [5, 5.41) is 11.0. The van der Waals surface area contributed by atoms with Gasteiger partial charge in [-0.15, -0.1) is 10.2 Å². The van der Waals surface area contributed by atoms with Crippen LogP contribution in [0.3, 0.4) is 0 Å². The van der Waals surface area contributed by atoms with E-state index in [4.69, 9.17) is 13.9 Å². The van der Waals surface area contributed by atoms with Crippen LogP contribution in [0.2, 0.25) is 0 Å². The Morgan fingerprint density at radius 2 is 2.07 bits per heavy atom. The third kappa shape index (κ3) is 4.77. The number of anilines is 1. The molecule has 10 nitrogen and oxygen atoms in total. The van der Waals surface area contributed by atoms with Gasteiger partial charge in [0.1, 0.15) is 5.75 Å². The maximum Gasteiger partial charge on any atom is 0.277 e. The first-order valence-corrected chi connectivity index (χ1v) is 11.9. The maximum absolute atomic E-state index is 12.9. The maximum atomic E-state index is 12.9. The molecule has 0 bridgehead atoms. The Balaban J connectivity index is 1.43. The molecule has 1 amide bonds. The largest absolute Gasteiger partial charge is 0.495 e. The Morgan fingerprint density at radius 3 is 2.77 bits per heavy atom. The summed E-state index contributed by atoms with van der Waals surface area (Å²) < 4.78 is 43.1. The minimum absolute atomic E-state index is 0.0376. The summed E-state index contributed by atoms with van der Waals surface area (Å²) in [5.74, 6) is 1.02. The van der Waals surface area contributed by atoms with Gasteiger partial charge in [0.15, 0.2) is 0 Å². The van der Waals surface area contributed by atoms with Crippen molar-refractivity contribution >= 4 is 33.4 Å². The number of sulfonamides is 1. The minimum Gasteiger partial charge on any atom is -0.495 e. The molecular weight excluding hydrogens is 432 g/mol. The molecule has 1 saturated heterocycles. The Morgan fingerprint density at radius 1 is 1.30 bits per heavy atom. The third-order valence-corrected chi connectivity index (χ3v) is 7.44. The van der Waals surface area contributed by atoms with Crippen LogP contribution in [0.5, 0.6) is 5.75 Å². The predicted molar refractivity (Wildman–Crippen MR) is 108 cm³/mol. The number of amides is 1. The second kappa shape index (κ2) is 8.92. The van der Waals surface area contributed by atoms with Crippen molar-refractivity contribution in [1.29, 1.82) is 0 Å². The number of nitrogens with one attached hydrogen (secondary N) is 1. The second-order valence-electron chi connectivity index (χ2n) is 6.90. The van der Waals surface area contributed by atoms with Crippen LogP contribution in [0.15, 0.2) is 32.7 Å². The molecule has 30 heavy (non-hydrogen) atoms. The summed E-state index contributed by atoms with van der Waals surface area (Å²) in [6.07, 6.45) is 2.10. The summed E-state index contributed by atoms with van der Waals surface area (Å²) in [6.45, 7) is 1.29. The quantitative estimate of drug-likeness (QED) is 0.594. The molecule has 2 aliphatic rings. The van der Waals surface area contributed by atoms with Crippen molar-refractivity contribution in [2.75, 3.05) is 44.5 Å². The van der Waals surface area contributed by atoms with Crippen LogP contribution < -0.4 is 10.1 Å². The van der Waals surface area contributed by atoms with Gasteiger partial charge in [-0.05, 0) is 31.0 Å². The Hall–Kier alpha value is -2.15. The van der Waals surface area contributed by atoms with E-state index >= 15 is 0 Å². The van der Waals surface area contributed by atoms with Crippen LogP contribution >= 0.6 is 11.8 Å². The lowest BCUT2D eigenvalue weighted by Crippen LogP contribution is -2.40. The monoisotopic (exact) mass is 454 g/mol. The highest BCUT2D eigenvalue weighted by molar-refractivity contribution is 7.99. The molecule has 1 saturated carbocycles. The van der Waals surface area contributed by atoms with Crippen molar-refractivity contribution in [2.24, 2.45) is 0 Å². The van der Waals surface area contributed by atoms with Gasteiger partial charge in [0.25, 0.3) is 5.22 Å². The first kappa shape index (κ1) is 21.1. The first-order chi connectivity index (χ1) is 14.5. The topological polar surface area (TPSA) is 124 Å². The summed E-state index contributed by atoms with van der Waals surface area (Å²) in [7, 11) is -2.24. The van der Waals surface area contributed by atoms with E-state index in [0.29, 0.717) is 49.1 Å².